The minimum atomic E-state index is -2.22. The molecule has 4 rings (SSSR count). The molecule has 0 N–H and O–H groups in total. The largest absolute Gasteiger partial charge is 0.467 e. The fourth-order valence-electron chi connectivity index (χ4n) is 4.52. The van der Waals surface area contributed by atoms with E-state index in [9.17, 15) is 9.59 Å². The van der Waals surface area contributed by atoms with Crippen LogP contribution in [0.5, 0.6) is 0 Å². The molecule has 0 saturated carbocycles. The predicted molar refractivity (Wildman–Crippen MR) is 120 cm³/mol. The summed E-state index contributed by atoms with van der Waals surface area (Å²) in [6.07, 6.45) is 2.14. The van der Waals surface area contributed by atoms with E-state index in [2.05, 4.69) is 4.90 Å². The molecule has 0 aromatic heterocycles. The Morgan fingerprint density at radius 3 is 2.55 bits per heavy atom. The van der Waals surface area contributed by atoms with Gasteiger partial charge in [0.2, 0.25) is 5.67 Å². The lowest BCUT2D eigenvalue weighted by Gasteiger charge is -2.29. The number of amides is 1. The smallest absolute Gasteiger partial charge is 0.344 e. The predicted octanol–water partition coefficient (Wildman–Crippen LogP) is 4.66. The number of carbonyl (C=O) groups excluding carboxylic acids is 2. The van der Waals surface area contributed by atoms with E-state index >= 15 is 4.39 Å². The van der Waals surface area contributed by atoms with E-state index < -0.39 is 17.6 Å². The van der Waals surface area contributed by atoms with Gasteiger partial charge >= 0.3 is 5.97 Å². The molecular formula is C24H26ClFN2O3. The summed E-state index contributed by atoms with van der Waals surface area (Å²) in [7, 11) is 1.18. The number of hydrogen-bond acceptors (Lipinski definition) is 4. The molecule has 2 aromatic rings. The van der Waals surface area contributed by atoms with Crippen LogP contribution in [0.3, 0.4) is 0 Å². The third-order valence-electron chi connectivity index (χ3n) is 6.39. The minimum Gasteiger partial charge on any atom is -0.467 e. The fourth-order valence-corrected chi connectivity index (χ4v) is 4.78. The van der Waals surface area contributed by atoms with E-state index in [0.717, 1.165) is 31.6 Å². The van der Waals surface area contributed by atoms with Crippen molar-refractivity contribution >= 4 is 34.9 Å². The highest BCUT2D eigenvalue weighted by molar-refractivity contribution is 6.35. The first-order valence-corrected chi connectivity index (χ1v) is 10.9. The van der Waals surface area contributed by atoms with Gasteiger partial charge in [-0.15, -0.1) is 0 Å². The lowest BCUT2D eigenvalue weighted by atomic mass is 9.86. The molecule has 1 unspecified atom stereocenters. The lowest BCUT2D eigenvalue weighted by molar-refractivity contribution is -0.158. The molecule has 0 spiro atoms. The second-order valence-electron chi connectivity index (χ2n) is 8.33. The number of methoxy groups -OCH3 is 1. The normalized spacial score (nSPS) is 23.3. The van der Waals surface area contributed by atoms with Crippen LogP contribution in [0.4, 0.5) is 15.8 Å². The van der Waals surface area contributed by atoms with Crippen LogP contribution < -0.4 is 9.80 Å². The first-order chi connectivity index (χ1) is 14.8. The van der Waals surface area contributed by atoms with Gasteiger partial charge in [-0.25, -0.2) is 9.18 Å². The number of rotatable bonds is 3. The molecule has 2 atom stereocenters. The summed E-state index contributed by atoms with van der Waals surface area (Å²) in [6, 6.07) is 12.5. The van der Waals surface area contributed by atoms with Crippen molar-refractivity contribution in [3.63, 3.8) is 0 Å². The molecule has 2 aromatic carbocycles. The number of anilines is 2. The first kappa shape index (κ1) is 21.6. The number of halogens is 2. The molecule has 0 radical (unpaired) electrons. The van der Waals surface area contributed by atoms with E-state index in [1.807, 2.05) is 12.1 Å². The number of alkyl halides is 1. The van der Waals surface area contributed by atoms with Crippen LogP contribution in [0, 0.1) is 5.92 Å². The van der Waals surface area contributed by atoms with Gasteiger partial charge < -0.3 is 14.5 Å². The van der Waals surface area contributed by atoms with Crippen LogP contribution in [0.15, 0.2) is 42.5 Å². The van der Waals surface area contributed by atoms with Crippen molar-refractivity contribution in [2.75, 3.05) is 36.5 Å². The van der Waals surface area contributed by atoms with Crippen LogP contribution in [0.1, 0.15) is 35.7 Å². The summed E-state index contributed by atoms with van der Waals surface area (Å²) in [4.78, 5) is 29.6. The van der Waals surface area contributed by atoms with Crippen LogP contribution in [-0.4, -0.2) is 44.3 Å². The quantitative estimate of drug-likeness (QED) is 0.646. The zero-order chi connectivity index (χ0) is 22.2. The first-order valence-electron chi connectivity index (χ1n) is 10.6. The third kappa shape index (κ3) is 3.89. The zero-order valence-corrected chi connectivity index (χ0v) is 18.5. The van der Waals surface area contributed by atoms with Crippen LogP contribution in [0.25, 0.3) is 0 Å². The molecule has 164 valence electrons. The van der Waals surface area contributed by atoms with E-state index in [1.54, 1.807) is 37.3 Å². The Labute approximate surface area is 186 Å². The number of ether oxygens (including phenoxy) is 1. The summed E-state index contributed by atoms with van der Waals surface area (Å²) in [5.41, 5.74) is 0.303. The Morgan fingerprint density at radius 2 is 1.87 bits per heavy atom. The maximum Gasteiger partial charge on any atom is 0.344 e. The number of fused-ring (bicyclic) bond motifs is 1. The topological polar surface area (TPSA) is 49.9 Å². The van der Waals surface area contributed by atoms with Gasteiger partial charge in [-0.3, -0.25) is 4.79 Å². The lowest BCUT2D eigenvalue weighted by Crippen LogP contribution is -2.47. The highest BCUT2D eigenvalue weighted by atomic mass is 35.5. The van der Waals surface area contributed by atoms with Gasteiger partial charge in [-0.05, 0) is 42.7 Å². The molecular weight excluding hydrogens is 419 g/mol. The van der Waals surface area contributed by atoms with E-state index in [-0.39, 0.29) is 18.9 Å². The molecule has 0 aliphatic carbocycles. The molecule has 7 heteroatoms. The van der Waals surface area contributed by atoms with Gasteiger partial charge in [0.1, 0.15) is 0 Å². The number of hydrogen-bond donors (Lipinski definition) is 0. The fraction of sp³-hybridized carbons (Fsp3) is 0.417. The summed E-state index contributed by atoms with van der Waals surface area (Å²) in [6.45, 7) is 3.62. The number of carbonyl (C=O) groups is 2. The van der Waals surface area contributed by atoms with Gasteiger partial charge in [0, 0.05) is 43.3 Å². The molecule has 1 fully saturated rings. The van der Waals surface area contributed by atoms with Crippen LogP contribution >= 0.6 is 11.6 Å². The van der Waals surface area contributed by atoms with Crippen molar-refractivity contribution in [2.45, 2.75) is 31.9 Å². The standard InChI is InChI=1S/C24H26ClFN2O3/c1-16-15-28(21-8-4-3-7-17(21)14-24(16,26)23(30)31-2)22(29)19-10-9-18(13-20(19)25)27-11-5-6-12-27/h3-4,7-10,13,16H,5-6,11-12,14-15H2,1-2H3/t16-,24?/m1/s1. The van der Waals surface area contributed by atoms with Gasteiger partial charge in [-0.2, -0.15) is 0 Å². The maximum atomic E-state index is 15.8. The molecule has 5 nitrogen and oxygen atoms in total. The Hall–Kier alpha value is -2.60. The monoisotopic (exact) mass is 444 g/mol. The SMILES string of the molecule is COC(=O)C1(F)Cc2ccccc2N(C(=O)c2ccc(N3CCCC3)cc2Cl)C[C@H]1C. The molecule has 2 aliphatic rings. The highest BCUT2D eigenvalue weighted by Gasteiger charge is 2.49. The minimum absolute atomic E-state index is 0.0334. The van der Waals surface area contributed by atoms with E-state index in [4.69, 9.17) is 16.3 Å². The van der Waals surface area contributed by atoms with Gasteiger partial charge in [-0.1, -0.05) is 36.7 Å². The molecule has 2 heterocycles. The number of benzene rings is 2. The Kier molecular flexibility index (Phi) is 5.93. The Morgan fingerprint density at radius 1 is 1.16 bits per heavy atom. The second-order valence-corrected chi connectivity index (χ2v) is 8.74. The van der Waals surface area contributed by atoms with Crippen LogP contribution in [-0.2, 0) is 16.0 Å². The van der Waals surface area contributed by atoms with Crippen LogP contribution in [0.2, 0.25) is 5.02 Å². The van der Waals surface area contributed by atoms with Gasteiger partial charge in [0.15, 0.2) is 0 Å². The summed E-state index contributed by atoms with van der Waals surface area (Å²) in [5.74, 6) is -2.00. The Bertz CT molecular complexity index is 1010. The van der Waals surface area contributed by atoms with Crippen molar-refractivity contribution in [1.82, 2.24) is 0 Å². The molecule has 2 aliphatic heterocycles. The van der Waals surface area contributed by atoms with Crippen molar-refractivity contribution in [3.05, 3.63) is 58.6 Å². The van der Waals surface area contributed by atoms with Crippen molar-refractivity contribution < 1.29 is 18.7 Å². The van der Waals surface area contributed by atoms with E-state index in [1.165, 1.54) is 12.0 Å². The summed E-state index contributed by atoms with van der Waals surface area (Å²) >= 11 is 6.53. The average Bonchev–Trinajstić information content (AvgIpc) is 3.28. The van der Waals surface area contributed by atoms with Gasteiger partial charge in [0.05, 0.1) is 17.7 Å². The molecule has 1 saturated heterocycles. The average molecular weight is 445 g/mol. The summed E-state index contributed by atoms with van der Waals surface area (Å²) < 4.78 is 20.6. The number of nitrogens with zero attached hydrogens (tertiary/aromatic N) is 2. The van der Waals surface area contributed by atoms with Crippen molar-refractivity contribution in [3.8, 4) is 0 Å². The number of esters is 1. The highest BCUT2D eigenvalue weighted by Crippen LogP contribution is 2.39. The van der Waals surface area contributed by atoms with E-state index in [0.29, 0.717) is 21.8 Å². The Balaban J connectivity index is 1.70. The maximum absolute atomic E-state index is 15.8. The number of para-hydroxylation sites is 1. The third-order valence-corrected chi connectivity index (χ3v) is 6.70. The van der Waals surface area contributed by atoms with Crippen molar-refractivity contribution in [1.29, 1.82) is 0 Å². The second kappa shape index (κ2) is 8.50. The summed E-state index contributed by atoms with van der Waals surface area (Å²) in [5, 5.41) is 0.364. The molecule has 1 amide bonds. The van der Waals surface area contributed by atoms with Crippen molar-refractivity contribution in [2.24, 2.45) is 5.92 Å². The molecule has 0 bridgehead atoms. The zero-order valence-electron chi connectivity index (χ0n) is 17.7. The molecule has 31 heavy (non-hydrogen) atoms. The van der Waals surface area contributed by atoms with Gasteiger partial charge in [0.25, 0.3) is 5.91 Å².